The molecule has 2 aromatic carbocycles. The van der Waals surface area contributed by atoms with Crippen molar-refractivity contribution >= 4 is 10.9 Å². The second kappa shape index (κ2) is 10.5. The van der Waals surface area contributed by atoms with Gasteiger partial charge in [-0.15, -0.1) is 5.10 Å². The Morgan fingerprint density at radius 1 is 0.925 bits per heavy atom. The quantitative estimate of drug-likeness (QED) is 0.300. The molecule has 198 valence electrons. The highest BCUT2D eigenvalue weighted by Gasteiger charge is 2.20. The summed E-state index contributed by atoms with van der Waals surface area (Å²) >= 11 is 0. The Kier molecular flexibility index (Phi) is 6.37. The summed E-state index contributed by atoms with van der Waals surface area (Å²) in [6, 6.07) is 25.3. The molecule has 8 nitrogen and oxygen atoms in total. The molecule has 4 aromatic heterocycles. The SMILES string of the molecule is Cc1cccc(-c2nnn(Cc3ccccc3)c2-c2ccc3ncc(-c4cnn(C5CCCNC5)c4)cc3c2)n1. The van der Waals surface area contributed by atoms with Crippen LogP contribution in [0, 0.1) is 6.92 Å². The van der Waals surface area contributed by atoms with E-state index in [2.05, 4.69) is 68.0 Å². The van der Waals surface area contributed by atoms with Crippen molar-refractivity contribution in [2.75, 3.05) is 13.1 Å². The van der Waals surface area contributed by atoms with E-state index in [1.165, 1.54) is 6.42 Å². The van der Waals surface area contributed by atoms with Gasteiger partial charge in [0.25, 0.3) is 0 Å². The van der Waals surface area contributed by atoms with E-state index in [0.717, 1.165) is 75.4 Å². The maximum atomic E-state index is 4.78. The van der Waals surface area contributed by atoms with E-state index in [9.17, 15) is 0 Å². The van der Waals surface area contributed by atoms with Crippen LogP contribution in [0.25, 0.3) is 44.7 Å². The molecule has 1 atom stereocenters. The van der Waals surface area contributed by atoms with Gasteiger partial charge in [0.2, 0.25) is 0 Å². The molecule has 0 saturated carbocycles. The Balaban J connectivity index is 1.30. The van der Waals surface area contributed by atoms with Crippen molar-refractivity contribution in [2.45, 2.75) is 32.4 Å². The number of benzene rings is 2. The highest BCUT2D eigenvalue weighted by atomic mass is 15.4. The molecule has 0 aliphatic carbocycles. The summed E-state index contributed by atoms with van der Waals surface area (Å²) in [7, 11) is 0. The first-order valence-electron chi connectivity index (χ1n) is 13.8. The number of fused-ring (bicyclic) bond motifs is 1. The van der Waals surface area contributed by atoms with Crippen LogP contribution in [0.5, 0.6) is 0 Å². The lowest BCUT2D eigenvalue weighted by molar-refractivity contribution is 0.347. The molecule has 6 aromatic rings. The number of piperidine rings is 1. The number of nitrogens with zero attached hydrogens (tertiary/aromatic N) is 7. The Hall–Kier alpha value is -4.69. The average molecular weight is 527 g/mol. The monoisotopic (exact) mass is 526 g/mol. The zero-order valence-corrected chi connectivity index (χ0v) is 22.4. The molecule has 1 saturated heterocycles. The van der Waals surface area contributed by atoms with E-state index in [4.69, 9.17) is 9.97 Å². The van der Waals surface area contributed by atoms with Gasteiger partial charge in [0.1, 0.15) is 5.69 Å². The van der Waals surface area contributed by atoms with Crippen LogP contribution in [0.2, 0.25) is 0 Å². The molecule has 0 amide bonds. The lowest BCUT2D eigenvalue weighted by Gasteiger charge is -2.22. The van der Waals surface area contributed by atoms with Gasteiger partial charge in [0.15, 0.2) is 0 Å². The molecular weight excluding hydrogens is 496 g/mol. The predicted octanol–water partition coefficient (Wildman–Crippen LogP) is 5.70. The van der Waals surface area contributed by atoms with Gasteiger partial charge in [-0.05, 0) is 62.2 Å². The minimum Gasteiger partial charge on any atom is -0.315 e. The fraction of sp³-hybridized carbons (Fsp3) is 0.219. The van der Waals surface area contributed by atoms with Crippen molar-refractivity contribution in [3.8, 4) is 33.8 Å². The second-order valence-electron chi connectivity index (χ2n) is 10.4. The van der Waals surface area contributed by atoms with E-state index in [0.29, 0.717) is 12.6 Å². The van der Waals surface area contributed by atoms with Crippen molar-refractivity contribution < 1.29 is 0 Å². The Morgan fingerprint density at radius 2 is 1.82 bits per heavy atom. The number of aryl methyl sites for hydroxylation is 1. The fourth-order valence-corrected chi connectivity index (χ4v) is 5.50. The molecule has 40 heavy (non-hydrogen) atoms. The van der Waals surface area contributed by atoms with Crippen LogP contribution >= 0.6 is 0 Å². The normalized spacial score (nSPS) is 15.5. The molecule has 1 aliphatic rings. The summed E-state index contributed by atoms with van der Waals surface area (Å²) in [5.74, 6) is 0. The lowest BCUT2D eigenvalue weighted by Crippen LogP contribution is -2.31. The first-order valence-corrected chi connectivity index (χ1v) is 13.8. The van der Waals surface area contributed by atoms with Crippen LogP contribution in [0.4, 0.5) is 0 Å². The van der Waals surface area contributed by atoms with Crippen molar-refractivity contribution in [1.82, 2.24) is 40.1 Å². The second-order valence-corrected chi connectivity index (χ2v) is 10.4. The molecule has 0 spiro atoms. The molecule has 1 N–H and O–H groups in total. The lowest BCUT2D eigenvalue weighted by atomic mass is 10.0. The first-order chi connectivity index (χ1) is 19.7. The topological polar surface area (TPSA) is 86.3 Å². The number of aromatic nitrogens is 7. The molecule has 8 heteroatoms. The number of hydrogen-bond acceptors (Lipinski definition) is 6. The van der Waals surface area contributed by atoms with Gasteiger partial charge in [-0.2, -0.15) is 5.10 Å². The summed E-state index contributed by atoms with van der Waals surface area (Å²) in [5.41, 5.74) is 8.71. The van der Waals surface area contributed by atoms with Crippen LogP contribution in [-0.4, -0.2) is 47.8 Å². The largest absolute Gasteiger partial charge is 0.315 e. The summed E-state index contributed by atoms with van der Waals surface area (Å²) < 4.78 is 4.06. The number of hydrogen-bond donors (Lipinski definition) is 1. The van der Waals surface area contributed by atoms with Gasteiger partial charge < -0.3 is 5.32 Å². The number of pyridine rings is 2. The Bertz CT molecular complexity index is 1780. The number of nitrogens with one attached hydrogen (secondary N) is 1. The van der Waals surface area contributed by atoms with Crippen LogP contribution in [-0.2, 0) is 6.54 Å². The van der Waals surface area contributed by atoms with Gasteiger partial charge in [-0.1, -0.05) is 47.7 Å². The minimum atomic E-state index is 0.397. The van der Waals surface area contributed by atoms with Gasteiger partial charge in [0.05, 0.1) is 35.7 Å². The van der Waals surface area contributed by atoms with Gasteiger partial charge >= 0.3 is 0 Å². The molecule has 0 radical (unpaired) electrons. The van der Waals surface area contributed by atoms with E-state index < -0.39 is 0 Å². The van der Waals surface area contributed by atoms with Crippen LogP contribution in [0.15, 0.2) is 91.4 Å². The predicted molar refractivity (Wildman–Crippen MR) is 157 cm³/mol. The third-order valence-electron chi connectivity index (χ3n) is 7.58. The number of rotatable bonds is 6. The molecular formula is C32H30N8. The van der Waals surface area contributed by atoms with Gasteiger partial charge in [-0.25, -0.2) is 4.68 Å². The molecule has 1 unspecified atom stereocenters. The standard InChI is InChI=1S/C32H30N8/c1-22-7-5-11-30(36-22)31-32(40(38-37-31)20-23-8-3-2-4-9-23)24-12-13-29-25(15-24)16-26(17-34-29)27-18-35-39(21-27)28-10-6-14-33-19-28/h2-5,7-9,11-13,15-18,21,28,33H,6,10,14,19-20H2,1H3. The highest BCUT2D eigenvalue weighted by Crippen LogP contribution is 2.33. The summed E-state index contributed by atoms with van der Waals surface area (Å²) in [4.78, 5) is 9.55. The van der Waals surface area contributed by atoms with Crippen LogP contribution in [0.3, 0.4) is 0 Å². The fourth-order valence-electron chi connectivity index (χ4n) is 5.50. The van der Waals surface area contributed by atoms with Crippen LogP contribution < -0.4 is 5.32 Å². The summed E-state index contributed by atoms with van der Waals surface area (Å²) in [6.45, 7) is 4.65. The zero-order chi connectivity index (χ0) is 26.9. The van der Waals surface area contributed by atoms with Gasteiger partial charge in [-0.3, -0.25) is 14.6 Å². The van der Waals surface area contributed by atoms with E-state index >= 15 is 0 Å². The zero-order valence-electron chi connectivity index (χ0n) is 22.4. The van der Waals surface area contributed by atoms with Crippen molar-refractivity contribution in [1.29, 1.82) is 0 Å². The van der Waals surface area contributed by atoms with Crippen molar-refractivity contribution in [3.05, 3.63) is 103 Å². The molecule has 5 heterocycles. The average Bonchev–Trinajstić information content (AvgIpc) is 3.66. The minimum absolute atomic E-state index is 0.397. The maximum absolute atomic E-state index is 4.78. The highest BCUT2D eigenvalue weighted by molar-refractivity contribution is 5.89. The third kappa shape index (κ3) is 4.78. The van der Waals surface area contributed by atoms with Crippen molar-refractivity contribution in [2.24, 2.45) is 0 Å². The Morgan fingerprint density at radius 3 is 2.67 bits per heavy atom. The molecule has 1 fully saturated rings. The molecule has 1 aliphatic heterocycles. The summed E-state index contributed by atoms with van der Waals surface area (Å²) in [6.07, 6.45) is 8.35. The Labute approximate surface area is 232 Å². The van der Waals surface area contributed by atoms with Crippen LogP contribution in [0.1, 0.15) is 30.1 Å². The van der Waals surface area contributed by atoms with Gasteiger partial charge in [0, 0.05) is 46.7 Å². The molecule has 0 bridgehead atoms. The van der Waals surface area contributed by atoms with E-state index in [1.807, 2.05) is 60.4 Å². The smallest absolute Gasteiger partial charge is 0.139 e. The summed E-state index contributed by atoms with van der Waals surface area (Å²) in [5, 5.41) is 18.4. The van der Waals surface area contributed by atoms with E-state index in [1.54, 1.807) is 0 Å². The molecule has 7 rings (SSSR count). The van der Waals surface area contributed by atoms with Crippen molar-refractivity contribution in [3.63, 3.8) is 0 Å². The third-order valence-corrected chi connectivity index (χ3v) is 7.58. The maximum Gasteiger partial charge on any atom is 0.139 e. The first kappa shape index (κ1) is 24.4. The van der Waals surface area contributed by atoms with E-state index in [-0.39, 0.29) is 0 Å².